The summed E-state index contributed by atoms with van der Waals surface area (Å²) in [6.45, 7) is 0. The van der Waals surface area contributed by atoms with Crippen molar-refractivity contribution in [3.63, 3.8) is 0 Å². The fourth-order valence-electron chi connectivity index (χ4n) is 2.83. The van der Waals surface area contributed by atoms with Crippen LogP contribution in [-0.2, 0) is 0 Å². The van der Waals surface area contributed by atoms with Crippen molar-refractivity contribution in [2.75, 3.05) is 0 Å². The van der Waals surface area contributed by atoms with Crippen LogP contribution in [0.4, 0.5) is 0 Å². The number of aliphatic hydroxyl groups excluding tert-OH is 1. The average molecular weight is 343 g/mol. The highest BCUT2D eigenvalue weighted by Gasteiger charge is 2.40. The summed E-state index contributed by atoms with van der Waals surface area (Å²) in [7, 11) is 0. The Morgan fingerprint density at radius 3 is 2.47 bits per heavy atom. The van der Waals surface area contributed by atoms with E-state index in [1.165, 1.54) is 0 Å². The first-order valence-corrected chi connectivity index (χ1v) is 7.80. The first-order chi connectivity index (χ1) is 9.09. The zero-order valence-electron chi connectivity index (χ0n) is 10.7. The van der Waals surface area contributed by atoms with Crippen molar-refractivity contribution in [1.82, 2.24) is 0 Å². The lowest BCUT2D eigenvalue weighted by Gasteiger charge is -2.31. The van der Waals surface area contributed by atoms with Gasteiger partial charge in [-0.1, -0.05) is 53.2 Å². The molecule has 2 rings (SSSR count). The van der Waals surface area contributed by atoms with Gasteiger partial charge in [0, 0.05) is 15.1 Å². The molecule has 0 spiro atoms. The Hall–Kier alpha value is -0.560. The third kappa shape index (κ3) is 3.13. The molecule has 0 saturated heterocycles. The van der Waals surface area contributed by atoms with Crippen molar-refractivity contribution in [2.45, 2.75) is 44.6 Å². The van der Waals surface area contributed by atoms with Crippen molar-refractivity contribution < 1.29 is 5.11 Å². The minimum Gasteiger partial charge on any atom is -0.387 e. The van der Waals surface area contributed by atoms with E-state index in [0.29, 0.717) is 10.6 Å². The molecule has 4 heteroatoms. The van der Waals surface area contributed by atoms with Crippen LogP contribution in [0, 0.1) is 16.7 Å². The van der Waals surface area contributed by atoms with Gasteiger partial charge >= 0.3 is 0 Å². The molecule has 1 atom stereocenters. The number of nitriles is 1. The molecule has 0 aliphatic heterocycles. The number of aliphatic hydroxyl groups is 1. The van der Waals surface area contributed by atoms with Crippen LogP contribution >= 0.6 is 27.5 Å². The molecule has 0 amide bonds. The SMILES string of the molecule is N#CC1(C(O)c2cc(Br)ccc2Cl)CCCCCC1. The van der Waals surface area contributed by atoms with E-state index in [4.69, 9.17) is 11.6 Å². The molecule has 1 N–H and O–H groups in total. The molecule has 1 fully saturated rings. The van der Waals surface area contributed by atoms with Crippen LogP contribution in [-0.4, -0.2) is 5.11 Å². The van der Waals surface area contributed by atoms with E-state index < -0.39 is 11.5 Å². The highest BCUT2D eigenvalue weighted by atomic mass is 79.9. The zero-order valence-corrected chi connectivity index (χ0v) is 13.0. The second-order valence-electron chi connectivity index (χ2n) is 5.25. The summed E-state index contributed by atoms with van der Waals surface area (Å²) in [6.07, 6.45) is 4.94. The summed E-state index contributed by atoms with van der Waals surface area (Å²) in [5.74, 6) is 0. The van der Waals surface area contributed by atoms with Crippen LogP contribution < -0.4 is 0 Å². The Kier molecular flexibility index (Phi) is 4.89. The third-order valence-electron chi connectivity index (χ3n) is 3.99. The summed E-state index contributed by atoms with van der Waals surface area (Å²) in [4.78, 5) is 0. The second kappa shape index (κ2) is 6.26. The van der Waals surface area contributed by atoms with Gasteiger partial charge in [0.25, 0.3) is 0 Å². The minimum absolute atomic E-state index is 0.523. The molecule has 1 aliphatic rings. The fraction of sp³-hybridized carbons (Fsp3) is 0.533. The van der Waals surface area contributed by atoms with Crippen molar-refractivity contribution in [1.29, 1.82) is 5.26 Å². The maximum absolute atomic E-state index is 10.7. The van der Waals surface area contributed by atoms with E-state index >= 15 is 0 Å². The van der Waals surface area contributed by atoms with E-state index in [1.807, 2.05) is 12.1 Å². The Balaban J connectivity index is 2.37. The van der Waals surface area contributed by atoms with Gasteiger partial charge in [0.05, 0.1) is 17.6 Å². The van der Waals surface area contributed by atoms with E-state index in [0.717, 1.165) is 43.0 Å². The van der Waals surface area contributed by atoms with Crippen molar-refractivity contribution in [3.8, 4) is 6.07 Å². The van der Waals surface area contributed by atoms with Crippen molar-refractivity contribution >= 4 is 27.5 Å². The number of benzene rings is 1. The van der Waals surface area contributed by atoms with E-state index in [-0.39, 0.29) is 0 Å². The molecule has 19 heavy (non-hydrogen) atoms. The molecule has 102 valence electrons. The normalized spacial score (nSPS) is 20.3. The lowest BCUT2D eigenvalue weighted by atomic mass is 9.74. The van der Waals surface area contributed by atoms with Gasteiger partial charge < -0.3 is 5.11 Å². The van der Waals surface area contributed by atoms with Gasteiger partial charge in [-0.3, -0.25) is 0 Å². The number of hydrogen-bond acceptors (Lipinski definition) is 2. The van der Waals surface area contributed by atoms with Crippen LogP contribution in [0.15, 0.2) is 22.7 Å². The average Bonchev–Trinajstić information content (AvgIpc) is 2.67. The summed E-state index contributed by atoms with van der Waals surface area (Å²) < 4.78 is 0.868. The molecule has 2 nitrogen and oxygen atoms in total. The van der Waals surface area contributed by atoms with E-state index in [1.54, 1.807) is 6.07 Å². The van der Waals surface area contributed by atoms with Gasteiger partial charge in [-0.05, 0) is 31.0 Å². The number of hydrogen-bond donors (Lipinski definition) is 1. The Morgan fingerprint density at radius 1 is 1.26 bits per heavy atom. The van der Waals surface area contributed by atoms with E-state index in [9.17, 15) is 10.4 Å². The topological polar surface area (TPSA) is 44.0 Å². The molecule has 0 bridgehead atoms. The predicted molar refractivity (Wildman–Crippen MR) is 79.9 cm³/mol. The first-order valence-electron chi connectivity index (χ1n) is 6.63. The quantitative estimate of drug-likeness (QED) is 0.769. The van der Waals surface area contributed by atoms with Crippen LogP contribution in [0.25, 0.3) is 0 Å². The molecule has 1 unspecified atom stereocenters. The lowest BCUT2D eigenvalue weighted by molar-refractivity contribution is 0.0517. The molecule has 1 saturated carbocycles. The number of halogens is 2. The molecule has 1 aliphatic carbocycles. The van der Waals surface area contributed by atoms with Crippen LogP contribution in [0.5, 0.6) is 0 Å². The van der Waals surface area contributed by atoms with Crippen molar-refractivity contribution in [2.24, 2.45) is 5.41 Å². The van der Waals surface area contributed by atoms with Crippen LogP contribution in [0.3, 0.4) is 0 Å². The van der Waals surface area contributed by atoms with Gasteiger partial charge in [-0.25, -0.2) is 0 Å². The fourth-order valence-corrected chi connectivity index (χ4v) is 3.43. The van der Waals surface area contributed by atoms with Crippen LogP contribution in [0.1, 0.15) is 50.2 Å². The smallest absolute Gasteiger partial charge is 0.0991 e. The monoisotopic (exact) mass is 341 g/mol. The first kappa shape index (κ1) is 14.8. The highest BCUT2D eigenvalue weighted by Crippen LogP contribution is 2.46. The Labute approximate surface area is 127 Å². The Bertz CT molecular complexity index is 489. The zero-order chi connectivity index (χ0) is 13.9. The van der Waals surface area contributed by atoms with Crippen molar-refractivity contribution in [3.05, 3.63) is 33.3 Å². The van der Waals surface area contributed by atoms with Gasteiger partial charge in [-0.15, -0.1) is 0 Å². The third-order valence-corrected chi connectivity index (χ3v) is 4.83. The molecular formula is C15H17BrClNO. The summed E-state index contributed by atoms with van der Waals surface area (Å²) >= 11 is 9.57. The maximum Gasteiger partial charge on any atom is 0.0991 e. The van der Waals surface area contributed by atoms with Gasteiger partial charge in [0.1, 0.15) is 0 Å². The molecular weight excluding hydrogens is 326 g/mol. The van der Waals surface area contributed by atoms with E-state index in [2.05, 4.69) is 22.0 Å². The summed E-state index contributed by atoms with van der Waals surface area (Å²) in [5.41, 5.74) is -0.0412. The number of nitrogens with zero attached hydrogens (tertiary/aromatic N) is 1. The number of rotatable bonds is 2. The lowest BCUT2D eigenvalue weighted by Crippen LogP contribution is -2.27. The molecule has 1 aromatic carbocycles. The highest BCUT2D eigenvalue weighted by molar-refractivity contribution is 9.10. The minimum atomic E-state index is -0.819. The molecule has 0 aromatic heterocycles. The summed E-state index contributed by atoms with van der Waals surface area (Å²) in [6, 6.07) is 7.79. The standard InChI is InChI=1S/C15H17BrClNO/c16-11-5-6-13(17)12(9-11)14(19)15(10-18)7-3-1-2-4-8-15/h5-6,9,14,19H,1-4,7-8H2. The maximum atomic E-state index is 10.7. The molecule has 0 heterocycles. The largest absolute Gasteiger partial charge is 0.387 e. The summed E-state index contributed by atoms with van der Waals surface area (Å²) in [5, 5.41) is 20.8. The molecule has 0 radical (unpaired) electrons. The van der Waals surface area contributed by atoms with Crippen LogP contribution in [0.2, 0.25) is 5.02 Å². The predicted octanol–water partition coefficient (Wildman–Crippen LogP) is 5.00. The second-order valence-corrected chi connectivity index (χ2v) is 6.57. The Morgan fingerprint density at radius 2 is 1.89 bits per heavy atom. The van der Waals surface area contributed by atoms with Gasteiger partial charge in [0.2, 0.25) is 0 Å². The molecule has 1 aromatic rings. The van der Waals surface area contributed by atoms with Gasteiger partial charge in [-0.2, -0.15) is 5.26 Å². The van der Waals surface area contributed by atoms with Gasteiger partial charge in [0.15, 0.2) is 0 Å².